The molecule has 2 rings (SSSR count). The number of carbonyl (C=O) groups is 1. The lowest BCUT2D eigenvalue weighted by molar-refractivity contribution is -0.128. The highest BCUT2D eigenvalue weighted by Crippen LogP contribution is 2.25. The van der Waals surface area contributed by atoms with Gasteiger partial charge in [0.05, 0.1) is 0 Å². The van der Waals surface area contributed by atoms with E-state index in [1.807, 2.05) is 13.0 Å². The molecule has 5 heteroatoms. The van der Waals surface area contributed by atoms with Crippen molar-refractivity contribution in [2.75, 3.05) is 6.61 Å². The Hall–Kier alpha value is -1.26. The third-order valence-corrected chi connectivity index (χ3v) is 4.50. The number of amides is 1. The van der Waals surface area contributed by atoms with Crippen molar-refractivity contribution in [3.05, 3.63) is 28.8 Å². The van der Waals surface area contributed by atoms with Gasteiger partial charge in [-0.25, -0.2) is 0 Å². The van der Waals surface area contributed by atoms with Gasteiger partial charge in [-0.2, -0.15) is 0 Å². The van der Waals surface area contributed by atoms with Gasteiger partial charge >= 0.3 is 0 Å². The summed E-state index contributed by atoms with van der Waals surface area (Å²) in [6, 6.07) is 5.55. The maximum absolute atomic E-state index is 12.2. The average Bonchev–Trinajstić information content (AvgIpc) is 2.50. The molecule has 1 aromatic rings. The summed E-state index contributed by atoms with van der Waals surface area (Å²) in [4.78, 5) is 12.2. The van der Waals surface area contributed by atoms with Crippen LogP contribution in [0.2, 0.25) is 5.02 Å². The summed E-state index contributed by atoms with van der Waals surface area (Å²) in [5.41, 5.74) is 0.913. The Balaban J connectivity index is 1.84. The molecule has 1 aliphatic rings. The second kappa shape index (κ2) is 7.84. The summed E-state index contributed by atoms with van der Waals surface area (Å²) >= 11 is 5.92. The van der Waals surface area contributed by atoms with Crippen LogP contribution in [0.1, 0.15) is 38.2 Å². The largest absolute Gasteiger partial charge is 0.481 e. The zero-order valence-electron chi connectivity index (χ0n) is 13.1. The van der Waals surface area contributed by atoms with E-state index in [1.165, 1.54) is 0 Å². The molecule has 0 heterocycles. The van der Waals surface area contributed by atoms with Crippen LogP contribution in [0.5, 0.6) is 5.75 Å². The maximum Gasteiger partial charge on any atom is 0.260 e. The Kier molecular flexibility index (Phi) is 6.09. The number of ether oxygens (including phenoxy) is 1. The standard InChI is InChI=1S/C17H24ClNO3/c1-11-9-14(18)5-8-16(11)22-12(2)17(21)19-15-6-3-13(10-20)4-7-15/h5,8-9,12-13,15,20H,3-4,6-7,10H2,1-2H3,(H,19,21). The maximum atomic E-state index is 12.2. The summed E-state index contributed by atoms with van der Waals surface area (Å²) in [5, 5.41) is 12.8. The van der Waals surface area contributed by atoms with Crippen molar-refractivity contribution < 1.29 is 14.6 Å². The number of aliphatic hydroxyl groups excluding tert-OH is 1. The second-order valence-corrected chi connectivity index (χ2v) is 6.52. The first-order valence-electron chi connectivity index (χ1n) is 7.83. The fraction of sp³-hybridized carbons (Fsp3) is 0.588. The van der Waals surface area contributed by atoms with Gasteiger partial charge in [-0.3, -0.25) is 4.79 Å². The number of nitrogens with one attached hydrogen (secondary N) is 1. The minimum atomic E-state index is -0.546. The molecule has 1 fully saturated rings. The summed E-state index contributed by atoms with van der Waals surface area (Å²) in [6.07, 6.45) is 3.23. The van der Waals surface area contributed by atoms with Crippen molar-refractivity contribution >= 4 is 17.5 Å². The highest BCUT2D eigenvalue weighted by Gasteiger charge is 2.24. The van der Waals surface area contributed by atoms with Crippen LogP contribution in [0, 0.1) is 12.8 Å². The molecule has 0 saturated heterocycles. The van der Waals surface area contributed by atoms with E-state index in [4.69, 9.17) is 21.4 Å². The number of halogens is 1. The number of carbonyl (C=O) groups excluding carboxylic acids is 1. The van der Waals surface area contributed by atoms with Gasteiger partial charge in [0.25, 0.3) is 5.91 Å². The lowest BCUT2D eigenvalue weighted by Crippen LogP contribution is -2.44. The van der Waals surface area contributed by atoms with Crippen LogP contribution in [0.3, 0.4) is 0 Å². The van der Waals surface area contributed by atoms with E-state index in [-0.39, 0.29) is 18.6 Å². The van der Waals surface area contributed by atoms with Crippen LogP contribution in [-0.2, 0) is 4.79 Å². The number of rotatable bonds is 5. The Labute approximate surface area is 136 Å². The smallest absolute Gasteiger partial charge is 0.260 e. The molecule has 0 spiro atoms. The van der Waals surface area contributed by atoms with Gasteiger partial charge in [0.15, 0.2) is 6.10 Å². The van der Waals surface area contributed by atoms with Crippen molar-refractivity contribution in [1.82, 2.24) is 5.32 Å². The fourth-order valence-corrected chi connectivity index (χ4v) is 3.02. The van der Waals surface area contributed by atoms with Crippen molar-refractivity contribution in [1.29, 1.82) is 0 Å². The van der Waals surface area contributed by atoms with E-state index in [0.717, 1.165) is 31.2 Å². The Bertz CT molecular complexity index is 513. The first kappa shape index (κ1) is 17.1. The van der Waals surface area contributed by atoms with E-state index in [1.54, 1.807) is 19.1 Å². The number of aryl methyl sites for hydroxylation is 1. The average molecular weight is 326 g/mol. The van der Waals surface area contributed by atoms with Crippen LogP contribution in [0.25, 0.3) is 0 Å². The number of benzene rings is 1. The molecule has 22 heavy (non-hydrogen) atoms. The molecule has 1 aromatic carbocycles. The molecule has 122 valence electrons. The number of hydrogen-bond acceptors (Lipinski definition) is 3. The quantitative estimate of drug-likeness (QED) is 0.874. The van der Waals surface area contributed by atoms with Crippen molar-refractivity contribution in [2.45, 2.75) is 51.7 Å². The highest BCUT2D eigenvalue weighted by molar-refractivity contribution is 6.30. The molecule has 0 bridgehead atoms. The molecule has 1 saturated carbocycles. The Morgan fingerprint density at radius 3 is 2.68 bits per heavy atom. The molecule has 1 unspecified atom stereocenters. The first-order valence-corrected chi connectivity index (χ1v) is 8.21. The molecule has 1 amide bonds. The van der Waals surface area contributed by atoms with Crippen molar-refractivity contribution in [3.8, 4) is 5.75 Å². The lowest BCUT2D eigenvalue weighted by Gasteiger charge is -2.29. The topological polar surface area (TPSA) is 58.6 Å². The van der Waals surface area contributed by atoms with Crippen LogP contribution >= 0.6 is 11.6 Å². The van der Waals surface area contributed by atoms with Crippen molar-refractivity contribution in [2.24, 2.45) is 5.92 Å². The minimum absolute atomic E-state index is 0.0956. The van der Waals surface area contributed by atoms with Gasteiger partial charge in [0.2, 0.25) is 0 Å². The Morgan fingerprint density at radius 2 is 2.09 bits per heavy atom. The molecule has 2 N–H and O–H groups in total. The van der Waals surface area contributed by atoms with Gasteiger partial charge in [-0.15, -0.1) is 0 Å². The van der Waals surface area contributed by atoms with E-state index in [9.17, 15) is 4.79 Å². The molecule has 1 atom stereocenters. The molecule has 0 aliphatic heterocycles. The molecule has 4 nitrogen and oxygen atoms in total. The zero-order valence-corrected chi connectivity index (χ0v) is 13.9. The third-order valence-electron chi connectivity index (χ3n) is 4.26. The molecular weight excluding hydrogens is 302 g/mol. The van der Waals surface area contributed by atoms with Crippen LogP contribution < -0.4 is 10.1 Å². The van der Waals surface area contributed by atoms with Gasteiger partial charge in [0.1, 0.15) is 5.75 Å². The summed E-state index contributed by atoms with van der Waals surface area (Å²) in [5.74, 6) is 0.969. The minimum Gasteiger partial charge on any atom is -0.481 e. The summed E-state index contributed by atoms with van der Waals surface area (Å²) in [6.45, 7) is 3.90. The second-order valence-electron chi connectivity index (χ2n) is 6.08. The van der Waals surface area contributed by atoms with Gasteiger partial charge in [-0.1, -0.05) is 11.6 Å². The van der Waals surface area contributed by atoms with E-state index in [2.05, 4.69) is 5.32 Å². The van der Waals surface area contributed by atoms with E-state index >= 15 is 0 Å². The first-order chi connectivity index (χ1) is 10.5. The van der Waals surface area contributed by atoms with Gasteiger partial charge in [0, 0.05) is 17.7 Å². The SMILES string of the molecule is Cc1cc(Cl)ccc1OC(C)C(=O)NC1CCC(CO)CC1. The predicted molar refractivity (Wildman–Crippen MR) is 87.3 cm³/mol. The molecule has 0 aromatic heterocycles. The zero-order chi connectivity index (χ0) is 16.1. The van der Waals surface area contributed by atoms with Crippen molar-refractivity contribution in [3.63, 3.8) is 0 Å². The predicted octanol–water partition coefficient (Wildman–Crippen LogP) is 3.08. The van der Waals surface area contributed by atoms with Crippen LogP contribution in [0.4, 0.5) is 0 Å². The molecule has 1 aliphatic carbocycles. The third kappa shape index (κ3) is 4.62. The number of hydrogen-bond donors (Lipinski definition) is 2. The fourth-order valence-electron chi connectivity index (χ4n) is 2.80. The van der Waals surface area contributed by atoms with Gasteiger partial charge < -0.3 is 15.2 Å². The summed E-state index contributed by atoms with van der Waals surface area (Å²) in [7, 11) is 0. The highest BCUT2D eigenvalue weighted by atomic mass is 35.5. The van der Waals surface area contributed by atoms with Crippen LogP contribution in [-0.4, -0.2) is 29.8 Å². The van der Waals surface area contributed by atoms with E-state index in [0.29, 0.717) is 16.7 Å². The van der Waals surface area contributed by atoms with Gasteiger partial charge in [-0.05, 0) is 69.2 Å². The molecular formula is C17H24ClNO3. The Morgan fingerprint density at radius 1 is 1.41 bits per heavy atom. The molecule has 0 radical (unpaired) electrons. The summed E-state index contributed by atoms with van der Waals surface area (Å²) < 4.78 is 5.74. The van der Waals surface area contributed by atoms with Crippen LogP contribution in [0.15, 0.2) is 18.2 Å². The van der Waals surface area contributed by atoms with E-state index < -0.39 is 6.10 Å². The number of aliphatic hydroxyl groups is 1. The lowest BCUT2D eigenvalue weighted by atomic mass is 9.86. The normalized spacial score (nSPS) is 22.9. The monoisotopic (exact) mass is 325 g/mol.